The Kier molecular flexibility index (Phi) is 5.81. The van der Waals surface area contributed by atoms with Crippen molar-refractivity contribution in [3.8, 4) is 0 Å². The van der Waals surface area contributed by atoms with Crippen molar-refractivity contribution < 1.29 is 19.4 Å². The summed E-state index contributed by atoms with van der Waals surface area (Å²) in [7, 11) is 0. The first-order chi connectivity index (χ1) is 10.4. The van der Waals surface area contributed by atoms with Gasteiger partial charge in [0.15, 0.2) is 0 Å². The van der Waals surface area contributed by atoms with Gasteiger partial charge < -0.3 is 9.84 Å². The number of ether oxygens (including phenoxy) is 1. The molecule has 1 aliphatic carbocycles. The van der Waals surface area contributed by atoms with Crippen LogP contribution in [0.3, 0.4) is 0 Å². The molecule has 0 radical (unpaired) electrons. The number of hydrogen-bond donors (Lipinski definition) is 1. The maximum absolute atomic E-state index is 12.4. The molecular formula is C16H28N2O4. The minimum Gasteiger partial charge on any atom is -0.474 e. The second-order valence-electron chi connectivity index (χ2n) is 6.91. The molecule has 0 spiro atoms. The third-order valence-electron chi connectivity index (χ3n) is 4.98. The van der Waals surface area contributed by atoms with Crippen molar-refractivity contribution in [3.63, 3.8) is 0 Å². The molecule has 0 bridgehead atoms. The summed E-state index contributed by atoms with van der Waals surface area (Å²) in [6.45, 7) is 8.75. The van der Waals surface area contributed by atoms with E-state index in [9.17, 15) is 14.7 Å². The topological polar surface area (TPSA) is 70.1 Å². The van der Waals surface area contributed by atoms with E-state index in [1.165, 1.54) is 0 Å². The normalized spacial score (nSPS) is 30.3. The van der Waals surface area contributed by atoms with Gasteiger partial charge in [-0.15, -0.1) is 0 Å². The fraction of sp³-hybridized carbons (Fsp3) is 0.875. The Labute approximate surface area is 132 Å². The second kappa shape index (κ2) is 7.42. The van der Waals surface area contributed by atoms with Crippen molar-refractivity contribution in [1.82, 2.24) is 10.0 Å². The second-order valence-corrected chi connectivity index (χ2v) is 6.91. The van der Waals surface area contributed by atoms with Crippen molar-refractivity contribution in [2.75, 3.05) is 26.3 Å². The number of amides is 1. The number of morpholine rings is 1. The average molecular weight is 312 g/mol. The standard InChI is InChI=1S/C16H28N2O4/c1-11(2)13-5-4-12(3)10-14(13)18(15(19)16(20)21)17-6-8-22-9-7-17/h11-14H,4-10H2,1-3H3,(H,20,21). The number of nitrogens with zero attached hydrogens (tertiary/aromatic N) is 2. The molecule has 2 rings (SSSR count). The van der Waals surface area contributed by atoms with Crippen LogP contribution in [0.5, 0.6) is 0 Å². The number of hydrogen-bond acceptors (Lipinski definition) is 4. The van der Waals surface area contributed by atoms with Crippen LogP contribution in [0.4, 0.5) is 0 Å². The van der Waals surface area contributed by atoms with Crippen LogP contribution in [0.15, 0.2) is 0 Å². The van der Waals surface area contributed by atoms with Crippen LogP contribution in [0, 0.1) is 17.8 Å². The first kappa shape index (κ1) is 17.2. The predicted octanol–water partition coefficient (Wildman–Crippen LogP) is 1.61. The van der Waals surface area contributed by atoms with E-state index >= 15 is 0 Å². The highest BCUT2D eigenvalue weighted by atomic mass is 16.5. The summed E-state index contributed by atoms with van der Waals surface area (Å²) < 4.78 is 5.35. The molecule has 1 aliphatic heterocycles. The van der Waals surface area contributed by atoms with Crippen LogP contribution >= 0.6 is 0 Å². The highest BCUT2D eigenvalue weighted by Gasteiger charge is 2.41. The van der Waals surface area contributed by atoms with E-state index in [1.54, 1.807) is 5.01 Å². The van der Waals surface area contributed by atoms with Gasteiger partial charge in [0.2, 0.25) is 0 Å². The molecule has 22 heavy (non-hydrogen) atoms. The zero-order valence-corrected chi connectivity index (χ0v) is 13.8. The largest absolute Gasteiger partial charge is 0.474 e. The van der Waals surface area contributed by atoms with Crippen LogP contribution in [-0.2, 0) is 14.3 Å². The summed E-state index contributed by atoms with van der Waals surface area (Å²) in [5, 5.41) is 12.7. The van der Waals surface area contributed by atoms with E-state index in [1.807, 2.05) is 5.01 Å². The lowest BCUT2D eigenvalue weighted by Gasteiger charge is -2.48. The van der Waals surface area contributed by atoms with Gasteiger partial charge in [-0.2, -0.15) is 0 Å². The Hall–Kier alpha value is -1.14. The molecule has 1 heterocycles. The molecule has 126 valence electrons. The lowest BCUT2D eigenvalue weighted by molar-refractivity contribution is -0.183. The molecule has 0 aromatic rings. The van der Waals surface area contributed by atoms with E-state index < -0.39 is 11.9 Å². The molecule has 2 fully saturated rings. The lowest BCUT2D eigenvalue weighted by atomic mass is 9.73. The summed E-state index contributed by atoms with van der Waals surface area (Å²) in [6, 6.07) is -0.0227. The molecule has 6 heteroatoms. The van der Waals surface area contributed by atoms with Crippen molar-refractivity contribution in [1.29, 1.82) is 0 Å². The van der Waals surface area contributed by atoms with Gasteiger partial charge in [-0.05, 0) is 30.6 Å². The molecule has 1 saturated heterocycles. The lowest BCUT2D eigenvalue weighted by Crippen LogP contribution is -2.60. The van der Waals surface area contributed by atoms with Crippen LogP contribution < -0.4 is 0 Å². The van der Waals surface area contributed by atoms with Crippen LogP contribution in [-0.4, -0.2) is 59.3 Å². The zero-order chi connectivity index (χ0) is 16.3. The molecule has 6 nitrogen and oxygen atoms in total. The van der Waals surface area contributed by atoms with Crippen LogP contribution in [0.1, 0.15) is 40.0 Å². The summed E-state index contributed by atoms with van der Waals surface area (Å²) in [6.07, 6.45) is 3.08. The molecular weight excluding hydrogens is 284 g/mol. The minimum atomic E-state index is -1.37. The Morgan fingerprint density at radius 2 is 1.86 bits per heavy atom. The highest BCUT2D eigenvalue weighted by Crippen LogP contribution is 2.37. The van der Waals surface area contributed by atoms with Gasteiger partial charge in [0.05, 0.1) is 19.3 Å². The minimum absolute atomic E-state index is 0.0227. The smallest absolute Gasteiger partial charge is 0.396 e. The predicted molar refractivity (Wildman–Crippen MR) is 82.0 cm³/mol. The monoisotopic (exact) mass is 312 g/mol. The first-order valence-corrected chi connectivity index (χ1v) is 8.31. The Morgan fingerprint density at radius 3 is 2.41 bits per heavy atom. The number of aliphatic carboxylic acids is 1. The third-order valence-corrected chi connectivity index (χ3v) is 4.98. The third kappa shape index (κ3) is 3.79. The van der Waals surface area contributed by atoms with E-state index in [-0.39, 0.29) is 6.04 Å². The fourth-order valence-corrected chi connectivity index (χ4v) is 3.79. The van der Waals surface area contributed by atoms with Gasteiger partial charge >= 0.3 is 11.9 Å². The van der Waals surface area contributed by atoms with Gasteiger partial charge in [0.1, 0.15) is 0 Å². The van der Waals surface area contributed by atoms with Gasteiger partial charge in [-0.3, -0.25) is 9.80 Å². The molecule has 1 saturated carbocycles. The van der Waals surface area contributed by atoms with Gasteiger partial charge in [0, 0.05) is 13.1 Å². The summed E-state index contributed by atoms with van der Waals surface area (Å²) in [5.41, 5.74) is 0. The fourth-order valence-electron chi connectivity index (χ4n) is 3.79. The average Bonchev–Trinajstić information content (AvgIpc) is 2.48. The Morgan fingerprint density at radius 1 is 1.23 bits per heavy atom. The quantitative estimate of drug-likeness (QED) is 0.802. The summed E-state index contributed by atoms with van der Waals surface area (Å²) >= 11 is 0. The van der Waals surface area contributed by atoms with Crippen molar-refractivity contribution in [3.05, 3.63) is 0 Å². The molecule has 0 aromatic heterocycles. The van der Waals surface area contributed by atoms with E-state index in [0.29, 0.717) is 44.1 Å². The van der Waals surface area contributed by atoms with Crippen molar-refractivity contribution in [2.45, 2.75) is 46.1 Å². The number of carbonyl (C=O) groups is 2. The summed E-state index contributed by atoms with van der Waals surface area (Å²) in [5.74, 6) is -0.867. The molecule has 3 unspecified atom stereocenters. The number of hydrazine groups is 1. The number of rotatable bonds is 3. The van der Waals surface area contributed by atoms with E-state index in [4.69, 9.17) is 4.74 Å². The van der Waals surface area contributed by atoms with Gasteiger partial charge in [0.25, 0.3) is 0 Å². The van der Waals surface area contributed by atoms with E-state index in [2.05, 4.69) is 20.8 Å². The van der Waals surface area contributed by atoms with Crippen molar-refractivity contribution >= 4 is 11.9 Å². The van der Waals surface area contributed by atoms with Crippen molar-refractivity contribution in [2.24, 2.45) is 17.8 Å². The Balaban J connectivity index is 2.27. The van der Waals surface area contributed by atoms with Gasteiger partial charge in [-0.1, -0.05) is 27.2 Å². The number of carboxylic acid groups (broad SMARTS) is 1. The van der Waals surface area contributed by atoms with E-state index in [0.717, 1.165) is 19.3 Å². The molecule has 3 atom stereocenters. The number of carboxylic acids is 1. The zero-order valence-electron chi connectivity index (χ0n) is 13.8. The summed E-state index contributed by atoms with van der Waals surface area (Å²) in [4.78, 5) is 23.7. The van der Waals surface area contributed by atoms with Crippen LogP contribution in [0.2, 0.25) is 0 Å². The molecule has 0 aromatic carbocycles. The Bertz CT molecular complexity index is 407. The maximum Gasteiger partial charge on any atom is 0.396 e. The molecule has 2 aliphatic rings. The molecule has 1 amide bonds. The maximum atomic E-state index is 12.4. The van der Waals surface area contributed by atoms with Gasteiger partial charge in [-0.25, -0.2) is 9.80 Å². The highest BCUT2D eigenvalue weighted by molar-refractivity contribution is 6.31. The number of carbonyl (C=O) groups excluding carboxylic acids is 1. The SMILES string of the molecule is CC1CCC(C(C)C)C(N(C(=O)C(=O)O)N2CCOCC2)C1. The molecule has 1 N–H and O–H groups in total. The first-order valence-electron chi connectivity index (χ1n) is 8.31. The van der Waals surface area contributed by atoms with Crippen LogP contribution in [0.25, 0.3) is 0 Å².